The van der Waals surface area contributed by atoms with E-state index >= 15 is 0 Å². The van der Waals surface area contributed by atoms with Gasteiger partial charge in [0.05, 0.1) is 16.9 Å². The number of benzene rings is 1. The highest BCUT2D eigenvalue weighted by atomic mass is 19.1. The molecule has 0 aliphatic rings. The van der Waals surface area contributed by atoms with Crippen molar-refractivity contribution in [2.24, 2.45) is 0 Å². The van der Waals surface area contributed by atoms with Crippen LogP contribution in [0.15, 0.2) is 54.4 Å². The summed E-state index contributed by atoms with van der Waals surface area (Å²) < 4.78 is 28.8. The van der Waals surface area contributed by atoms with Gasteiger partial charge in [0, 0.05) is 17.3 Å². The number of hydrogen-bond donors (Lipinski definition) is 0. The molecule has 2 aromatic rings. The van der Waals surface area contributed by atoms with E-state index in [-0.39, 0.29) is 11.4 Å². The molecule has 0 radical (unpaired) electrons. The zero-order valence-electron chi connectivity index (χ0n) is 16.4. The van der Waals surface area contributed by atoms with Crippen LogP contribution < -0.4 is 0 Å². The van der Waals surface area contributed by atoms with Crippen molar-refractivity contribution < 1.29 is 8.78 Å². The van der Waals surface area contributed by atoms with Crippen LogP contribution in [0.3, 0.4) is 0 Å². The average molecular weight is 369 g/mol. The third kappa shape index (κ3) is 5.75. The van der Waals surface area contributed by atoms with Crippen LogP contribution in [0.25, 0.3) is 5.69 Å². The Labute approximate surface area is 160 Å². The number of hydrogen-bond acceptors (Lipinski definition) is 2. The van der Waals surface area contributed by atoms with E-state index in [1.54, 1.807) is 35.9 Å². The molecule has 0 saturated heterocycles. The van der Waals surface area contributed by atoms with Gasteiger partial charge in [0.2, 0.25) is 0 Å². The van der Waals surface area contributed by atoms with Crippen molar-refractivity contribution in [2.75, 3.05) is 0 Å². The molecule has 0 amide bonds. The summed E-state index contributed by atoms with van der Waals surface area (Å²) in [7, 11) is 0. The number of aryl methyl sites for hydroxylation is 1. The number of rotatable bonds is 5. The Kier molecular flexibility index (Phi) is 8.87. The smallest absolute Gasteiger partial charge is 0.143 e. The second-order valence-corrected chi connectivity index (χ2v) is 5.52. The Balaban J connectivity index is 0.00000176. The molecule has 27 heavy (non-hydrogen) atoms. The van der Waals surface area contributed by atoms with Crippen LogP contribution in [0, 0.1) is 31.0 Å². The zero-order chi connectivity index (χ0) is 20.4. The van der Waals surface area contributed by atoms with Crippen molar-refractivity contribution in [3.05, 3.63) is 82.7 Å². The van der Waals surface area contributed by atoms with Gasteiger partial charge in [-0.05, 0) is 51.5 Å². The highest BCUT2D eigenvalue weighted by molar-refractivity contribution is 5.43. The van der Waals surface area contributed by atoms with Crippen LogP contribution in [0.1, 0.15) is 43.3 Å². The van der Waals surface area contributed by atoms with Crippen molar-refractivity contribution >= 4 is 0 Å². The third-order valence-electron chi connectivity index (χ3n) is 3.80. The maximum Gasteiger partial charge on any atom is 0.143 e. The Hall–Kier alpha value is -3.00. The van der Waals surface area contributed by atoms with E-state index in [4.69, 9.17) is 5.26 Å². The molecule has 1 heterocycles. The molecule has 0 aliphatic heterocycles. The molecule has 0 aliphatic carbocycles. The summed E-state index contributed by atoms with van der Waals surface area (Å²) in [5.74, 6) is -0.880. The lowest BCUT2D eigenvalue weighted by molar-refractivity contribution is 0.621. The Bertz CT molecular complexity index is 897. The van der Waals surface area contributed by atoms with Gasteiger partial charge in [-0.2, -0.15) is 10.4 Å². The van der Waals surface area contributed by atoms with Crippen LogP contribution in [-0.2, 0) is 6.42 Å². The molecule has 0 spiro atoms. The predicted octanol–water partition coefficient (Wildman–Crippen LogP) is 6.05. The molecular weight excluding hydrogens is 344 g/mol. The van der Waals surface area contributed by atoms with Gasteiger partial charge in [0.1, 0.15) is 17.7 Å². The summed E-state index contributed by atoms with van der Waals surface area (Å²) in [4.78, 5) is 0. The van der Waals surface area contributed by atoms with Crippen LogP contribution in [0.5, 0.6) is 0 Å². The second kappa shape index (κ2) is 10.9. The quantitative estimate of drug-likeness (QED) is 0.602. The normalized spacial score (nSPS) is 11.6. The van der Waals surface area contributed by atoms with Crippen LogP contribution in [0.2, 0.25) is 0 Å². The van der Waals surface area contributed by atoms with Crippen molar-refractivity contribution in [2.45, 2.75) is 41.0 Å². The van der Waals surface area contributed by atoms with E-state index < -0.39 is 5.82 Å². The number of aromatic nitrogens is 2. The molecule has 0 unspecified atom stereocenters. The lowest BCUT2D eigenvalue weighted by Crippen LogP contribution is -2.01. The number of allylic oxidation sites excluding steroid dienone is 6. The molecule has 142 valence electrons. The van der Waals surface area contributed by atoms with E-state index in [0.29, 0.717) is 12.1 Å². The molecule has 2 rings (SSSR count). The summed E-state index contributed by atoms with van der Waals surface area (Å²) in [5.41, 5.74) is 3.27. The van der Waals surface area contributed by atoms with Crippen molar-refractivity contribution in [3.8, 4) is 11.8 Å². The topological polar surface area (TPSA) is 41.6 Å². The summed E-state index contributed by atoms with van der Waals surface area (Å²) in [5, 5.41) is 13.3. The standard InChI is InChI=1S/C20H19F2N3.C2H6/c1-4-7-17(21)8-5-6-9-19-14(2)24-25(15(19)3)18-11-10-16(13-23)20(22)12-18;1-2/h4-8,10-12H,9H2,1-3H3;1-2H3/b6-5+,7-4-,17-8+;. The van der Waals surface area contributed by atoms with Crippen molar-refractivity contribution in [1.82, 2.24) is 9.78 Å². The maximum atomic E-state index is 13.8. The summed E-state index contributed by atoms with van der Waals surface area (Å²) in [6, 6.07) is 6.20. The second-order valence-electron chi connectivity index (χ2n) is 5.52. The minimum atomic E-state index is -0.571. The molecule has 5 heteroatoms. The van der Waals surface area contributed by atoms with Crippen molar-refractivity contribution in [3.63, 3.8) is 0 Å². The van der Waals surface area contributed by atoms with Gasteiger partial charge in [0.25, 0.3) is 0 Å². The highest BCUT2D eigenvalue weighted by Crippen LogP contribution is 2.20. The molecular formula is C22H25F2N3. The highest BCUT2D eigenvalue weighted by Gasteiger charge is 2.13. The number of nitrogens with zero attached hydrogens (tertiary/aromatic N) is 3. The van der Waals surface area contributed by atoms with Gasteiger partial charge in [-0.25, -0.2) is 13.5 Å². The van der Waals surface area contributed by atoms with E-state index in [9.17, 15) is 8.78 Å². The first kappa shape index (κ1) is 22.0. The lowest BCUT2D eigenvalue weighted by atomic mass is 10.1. The molecule has 0 N–H and O–H groups in total. The van der Waals surface area contributed by atoms with E-state index in [1.807, 2.05) is 33.8 Å². The Morgan fingerprint density at radius 3 is 2.59 bits per heavy atom. The average Bonchev–Trinajstić information content (AvgIpc) is 2.95. The fourth-order valence-corrected chi connectivity index (χ4v) is 2.51. The predicted molar refractivity (Wildman–Crippen MR) is 106 cm³/mol. The Morgan fingerprint density at radius 2 is 2.00 bits per heavy atom. The SMILES string of the molecule is CC.C\C=C/C(F)=C\C=C\Cc1c(C)nn(-c2ccc(C#N)c(F)c2)c1C. The molecule has 1 aromatic heterocycles. The molecule has 0 fully saturated rings. The van der Waals surface area contributed by atoms with Crippen molar-refractivity contribution in [1.29, 1.82) is 5.26 Å². The Morgan fingerprint density at radius 1 is 1.30 bits per heavy atom. The lowest BCUT2D eigenvalue weighted by Gasteiger charge is -2.05. The fourth-order valence-electron chi connectivity index (χ4n) is 2.51. The van der Waals surface area contributed by atoms with Gasteiger partial charge in [-0.1, -0.05) is 32.1 Å². The molecule has 0 saturated carbocycles. The zero-order valence-corrected chi connectivity index (χ0v) is 16.4. The van der Waals surface area contributed by atoms with Crippen LogP contribution in [0.4, 0.5) is 8.78 Å². The summed E-state index contributed by atoms with van der Waals surface area (Å²) >= 11 is 0. The molecule has 3 nitrogen and oxygen atoms in total. The van der Waals surface area contributed by atoms with Gasteiger partial charge < -0.3 is 0 Å². The number of halogens is 2. The summed E-state index contributed by atoms with van der Waals surface area (Å²) in [6.45, 7) is 9.53. The first-order valence-corrected chi connectivity index (χ1v) is 8.88. The van der Waals surface area contributed by atoms with E-state index in [0.717, 1.165) is 17.0 Å². The van der Waals surface area contributed by atoms with E-state index in [2.05, 4.69) is 5.10 Å². The molecule has 0 atom stereocenters. The van der Waals surface area contributed by atoms with Gasteiger partial charge in [0.15, 0.2) is 0 Å². The first-order valence-electron chi connectivity index (χ1n) is 8.88. The minimum absolute atomic E-state index is 0.00313. The maximum absolute atomic E-state index is 13.8. The monoisotopic (exact) mass is 369 g/mol. The number of nitriles is 1. The minimum Gasteiger partial charge on any atom is -0.237 e. The van der Waals surface area contributed by atoms with Gasteiger partial charge >= 0.3 is 0 Å². The fraction of sp³-hybridized carbons (Fsp3) is 0.273. The van der Waals surface area contributed by atoms with E-state index in [1.165, 1.54) is 24.3 Å². The van der Waals surface area contributed by atoms with Gasteiger partial charge in [-0.15, -0.1) is 0 Å². The summed E-state index contributed by atoms with van der Waals surface area (Å²) in [6.07, 6.45) is 8.52. The largest absolute Gasteiger partial charge is 0.237 e. The van der Waals surface area contributed by atoms with Gasteiger partial charge in [-0.3, -0.25) is 0 Å². The first-order chi connectivity index (χ1) is 13.0. The molecule has 0 bridgehead atoms. The van der Waals surface area contributed by atoms with Crippen LogP contribution >= 0.6 is 0 Å². The molecule has 1 aromatic carbocycles. The van der Waals surface area contributed by atoms with Crippen LogP contribution in [-0.4, -0.2) is 9.78 Å². The third-order valence-corrected chi connectivity index (χ3v) is 3.80.